The Kier molecular flexibility index (Phi) is 6.52. The predicted octanol–water partition coefficient (Wildman–Crippen LogP) is 3.99. The van der Waals surface area contributed by atoms with Crippen LogP contribution in [0.5, 0.6) is 0 Å². The van der Waals surface area contributed by atoms with E-state index in [1.165, 1.54) is 17.0 Å². The van der Waals surface area contributed by atoms with E-state index in [9.17, 15) is 17.6 Å². The predicted molar refractivity (Wildman–Crippen MR) is 115 cm³/mol. The minimum atomic E-state index is -4.06. The number of hydrogen-bond acceptors (Lipinski definition) is 3. The standard InChI is InChI=1S/C23H23FN2O3S/c1-18-8-10-19(11-9-18)16-25(2)23(27)17-26(21-6-4-3-5-7-21)30(28,29)22-14-12-20(24)13-15-22/h3-15H,16-17H2,1-2H3. The van der Waals surface area contributed by atoms with Crippen molar-refractivity contribution in [3.8, 4) is 0 Å². The van der Waals surface area contributed by atoms with Crippen LogP contribution < -0.4 is 4.31 Å². The maximum Gasteiger partial charge on any atom is 0.264 e. The molecule has 5 nitrogen and oxygen atoms in total. The molecule has 0 fully saturated rings. The van der Waals surface area contributed by atoms with Gasteiger partial charge in [-0.3, -0.25) is 9.10 Å². The average molecular weight is 427 g/mol. The number of nitrogens with zero attached hydrogens (tertiary/aromatic N) is 2. The van der Waals surface area contributed by atoms with Crippen LogP contribution in [0, 0.1) is 12.7 Å². The van der Waals surface area contributed by atoms with Crippen molar-refractivity contribution in [2.45, 2.75) is 18.4 Å². The summed E-state index contributed by atoms with van der Waals surface area (Å²) in [6.45, 7) is 1.97. The lowest BCUT2D eigenvalue weighted by Gasteiger charge is -2.26. The molecule has 0 spiro atoms. The maximum absolute atomic E-state index is 13.3. The van der Waals surface area contributed by atoms with Gasteiger partial charge in [-0.1, -0.05) is 48.0 Å². The van der Waals surface area contributed by atoms with Gasteiger partial charge in [-0.2, -0.15) is 0 Å². The van der Waals surface area contributed by atoms with Crippen molar-refractivity contribution in [3.63, 3.8) is 0 Å². The quantitative estimate of drug-likeness (QED) is 0.574. The zero-order chi connectivity index (χ0) is 21.7. The zero-order valence-corrected chi connectivity index (χ0v) is 17.6. The third-order valence-electron chi connectivity index (χ3n) is 4.69. The second-order valence-corrected chi connectivity index (χ2v) is 8.90. The molecule has 0 aromatic heterocycles. The fourth-order valence-electron chi connectivity index (χ4n) is 2.94. The molecule has 3 aromatic rings. The number of carbonyl (C=O) groups excluding carboxylic acids is 1. The highest BCUT2D eigenvalue weighted by molar-refractivity contribution is 7.92. The molecule has 0 radical (unpaired) electrons. The van der Waals surface area contributed by atoms with Crippen LogP contribution in [0.15, 0.2) is 83.8 Å². The smallest absolute Gasteiger partial charge is 0.264 e. The third kappa shape index (κ3) is 5.04. The molecule has 156 valence electrons. The molecule has 7 heteroatoms. The van der Waals surface area contributed by atoms with Gasteiger partial charge in [-0.05, 0) is 48.9 Å². The summed E-state index contributed by atoms with van der Waals surface area (Å²) in [4.78, 5) is 14.3. The summed E-state index contributed by atoms with van der Waals surface area (Å²) < 4.78 is 40.8. The lowest BCUT2D eigenvalue weighted by atomic mass is 10.1. The fraction of sp³-hybridized carbons (Fsp3) is 0.174. The van der Waals surface area contributed by atoms with Crippen LogP contribution in [0.2, 0.25) is 0 Å². The summed E-state index contributed by atoms with van der Waals surface area (Å²) >= 11 is 0. The number of benzene rings is 3. The first-order valence-electron chi connectivity index (χ1n) is 9.40. The molecule has 0 bridgehead atoms. The lowest BCUT2D eigenvalue weighted by Crippen LogP contribution is -2.41. The molecule has 3 rings (SSSR count). The van der Waals surface area contributed by atoms with Crippen LogP contribution in [-0.2, 0) is 21.4 Å². The number of aryl methyl sites for hydroxylation is 1. The zero-order valence-electron chi connectivity index (χ0n) is 16.8. The summed E-state index contributed by atoms with van der Waals surface area (Å²) in [7, 11) is -2.42. The van der Waals surface area contributed by atoms with E-state index >= 15 is 0 Å². The van der Waals surface area contributed by atoms with Crippen molar-refractivity contribution >= 4 is 21.6 Å². The van der Waals surface area contributed by atoms with Crippen molar-refractivity contribution in [2.24, 2.45) is 0 Å². The number of amides is 1. The lowest BCUT2D eigenvalue weighted by molar-refractivity contribution is -0.128. The number of halogens is 1. The van der Waals surface area contributed by atoms with E-state index in [1.54, 1.807) is 37.4 Å². The van der Waals surface area contributed by atoms with Crippen LogP contribution in [0.25, 0.3) is 0 Å². The Labute approximate surface area is 176 Å². The Morgan fingerprint density at radius 3 is 2.10 bits per heavy atom. The Bertz CT molecular complexity index is 1100. The maximum atomic E-state index is 13.3. The van der Waals surface area contributed by atoms with Gasteiger partial charge in [0.1, 0.15) is 12.4 Å². The van der Waals surface area contributed by atoms with Crippen molar-refractivity contribution in [1.82, 2.24) is 4.90 Å². The minimum Gasteiger partial charge on any atom is -0.340 e. The first kappa shape index (κ1) is 21.5. The Balaban J connectivity index is 1.86. The molecule has 0 unspecified atom stereocenters. The SMILES string of the molecule is Cc1ccc(CN(C)C(=O)CN(c2ccccc2)S(=O)(=O)c2ccc(F)cc2)cc1. The minimum absolute atomic E-state index is 0.0817. The Morgan fingerprint density at radius 1 is 0.900 bits per heavy atom. The molecule has 0 aliphatic rings. The van der Waals surface area contributed by atoms with E-state index in [2.05, 4.69) is 0 Å². The molecular weight excluding hydrogens is 403 g/mol. The van der Waals surface area contributed by atoms with Crippen molar-refractivity contribution in [3.05, 3.63) is 95.8 Å². The molecule has 0 heterocycles. The fourth-order valence-corrected chi connectivity index (χ4v) is 4.36. The van der Waals surface area contributed by atoms with Gasteiger partial charge in [-0.15, -0.1) is 0 Å². The van der Waals surface area contributed by atoms with E-state index in [0.29, 0.717) is 12.2 Å². The number of sulfonamides is 1. The molecule has 0 atom stereocenters. The van der Waals surface area contributed by atoms with E-state index in [0.717, 1.165) is 27.6 Å². The van der Waals surface area contributed by atoms with Crippen LogP contribution in [0.4, 0.5) is 10.1 Å². The van der Waals surface area contributed by atoms with Crippen LogP contribution in [0.1, 0.15) is 11.1 Å². The van der Waals surface area contributed by atoms with Gasteiger partial charge in [0, 0.05) is 13.6 Å². The topological polar surface area (TPSA) is 57.7 Å². The van der Waals surface area contributed by atoms with Gasteiger partial charge in [0.15, 0.2) is 0 Å². The number of rotatable bonds is 7. The van der Waals surface area contributed by atoms with Gasteiger partial charge in [-0.25, -0.2) is 12.8 Å². The largest absolute Gasteiger partial charge is 0.340 e. The van der Waals surface area contributed by atoms with Crippen molar-refractivity contribution < 1.29 is 17.6 Å². The second-order valence-electron chi connectivity index (χ2n) is 7.04. The molecule has 0 N–H and O–H groups in total. The third-order valence-corrected chi connectivity index (χ3v) is 6.48. The first-order valence-corrected chi connectivity index (χ1v) is 10.8. The van der Waals surface area contributed by atoms with Crippen molar-refractivity contribution in [2.75, 3.05) is 17.9 Å². The number of hydrogen-bond donors (Lipinski definition) is 0. The molecule has 3 aromatic carbocycles. The molecule has 0 aliphatic heterocycles. The van der Waals surface area contributed by atoms with Gasteiger partial charge in [0.05, 0.1) is 10.6 Å². The summed E-state index contributed by atoms with van der Waals surface area (Å²) in [6, 6.07) is 20.7. The molecule has 30 heavy (non-hydrogen) atoms. The van der Waals surface area contributed by atoms with Crippen LogP contribution in [-0.4, -0.2) is 32.8 Å². The van der Waals surface area contributed by atoms with Crippen molar-refractivity contribution in [1.29, 1.82) is 0 Å². The summed E-state index contributed by atoms with van der Waals surface area (Å²) in [6.07, 6.45) is 0. The number of likely N-dealkylation sites (N-methyl/N-ethyl adjacent to an activating group) is 1. The molecule has 0 saturated heterocycles. The van der Waals surface area contributed by atoms with Gasteiger partial charge >= 0.3 is 0 Å². The van der Waals surface area contributed by atoms with Crippen LogP contribution >= 0.6 is 0 Å². The normalized spacial score (nSPS) is 11.2. The van der Waals surface area contributed by atoms with Gasteiger partial charge in [0.25, 0.3) is 10.0 Å². The number of para-hydroxylation sites is 1. The molecule has 0 aliphatic carbocycles. The van der Waals surface area contributed by atoms with E-state index in [4.69, 9.17) is 0 Å². The second kappa shape index (κ2) is 9.09. The number of carbonyl (C=O) groups is 1. The summed E-state index contributed by atoms with van der Waals surface area (Å²) in [5.41, 5.74) is 2.43. The summed E-state index contributed by atoms with van der Waals surface area (Å²) in [5.74, 6) is -0.890. The molecule has 0 saturated carbocycles. The van der Waals surface area contributed by atoms with E-state index in [-0.39, 0.29) is 17.3 Å². The van der Waals surface area contributed by atoms with Gasteiger partial charge < -0.3 is 4.90 Å². The number of anilines is 1. The molecule has 1 amide bonds. The van der Waals surface area contributed by atoms with Crippen LogP contribution in [0.3, 0.4) is 0 Å². The Hall–Kier alpha value is -3.19. The average Bonchev–Trinajstić information content (AvgIpc) is 2.74. The highest BCUT2D eigenvalue weighted by Gasteiger charge is 2.28. The Morgan fingerprint density at radius 2 is 1.50 bits per heavy atom. The summed E-state index contributed by atoms with van der Waals surface area (Å²) in [5, 5.41) is 0. The van der Waals surface area contributed by atoms with E-state index < -0.39 is 15.8 Å². The van der Waals surface area contributed by atoms with E-state index in [1.807, 2.05) is 31.2 Å². The first-order chi connectivity index (χ1) is 14.3. The highest BCUT2D eigenvalue weighted by Crippen LogP contribution is 2.24. The molecular formula is C23H23FN2O3S. The monoisotopic (exact) mass is 426 g/mol. The highest BCUT2D eigenvalue weighted by atomic mass is 32.2. The van der Waals surface area contributed by atoms with Gasteiger partial charge in [0.2, 0.25) is 5.91 Å².